The minimum atomic E-state index is -3.65. The zero-order valence-electron chi connectivity index (χ0n) is 14.8. The zero-order valence-corrected chi connectivity index (χ0v) is 15.7. The number of carbonyl (C=O) groups excluding carboxylic acids is 1. The van der Waals surface area contributed by atoms with Crippen molar-refractivity contribution in [2.24, 2.45) is 0 Å². The van der Waals surface area contributed by atoms with Gasteiger partial charge in [0.15, 0.2) is 0 Å². The molecule has 0 aliphatic rings. The molecule has 0 aromatic heterocycles. The minimum Gasteiger partial charge on any atom is -0.322 e. The Morgan fingerprint density at radius 1 is 0.852 bits per heavy atom. The number of sulfonamides is 1. The number of hydrogen-bond donors (Lipinski definition) is 2. The number of hydrogen-bond acceptors (Lipinski definition) is 3. The van der Waals surface area contributed by atoms with E-state index < -0.39 is 10.0 Å². The Labute approximate surface area is 159 Å². The topological polar surface area (TPSA) is 75.3 Å². The van der Waals surface area contributed by atoms with E-state index in [1.54, 1.807) is 0 Å². The lowest BCUT2D eigenvalue weighted by atomic mass is 10.2. The molecule has 6 heteroatoms. The largest absolute Gasteiger partial charge is 0.322 e. The van der Waals surface area contributed by atoms with Crippen LogP contribution < -0.4 is 10.0 Å². The van der Waals surface area contributed by atoms with Crippen LogP contribution in [0.25, 0.3) is 0 Å². The van der Waals surface area contributed by atoms with E-state index in [0.29, 0.717) is 11.3 Å². The molecular formula is C21H20N2O3S. The lowest BCUT2D eigenvalue weighted by molar-refractivity contribution is 0.102. The third-order valence-electron chi connectivity index (χ3n) is 4.05. The molecule has 3 aromatic carbocycles. The standard InChI is InChI=1S/C21H20N2O3S/c1-16-7-11-19(12-8-16)23-21(24)18-9-13-20(14-10-18)27(25,26)22-15-17-5-3-2-4-6-17/h2-14,22H,15H2,1H3,(H,23,24). The lowest BCUT2D eigenvalue weighted by Gasteiger charge is -2.09. The van der Waals surface area contributed by atoms with Crippen molar-refractivity contribution in [2.45, 2.75) is 18.4 Å². The maximum absolute atomic E-state index is 12.4. The summed E-state index contributed by atoms with van der Waals surface area (Å²) in [6.07, 6.45) is 0. The molecule has 0 heterocycles. The molecule has 0 saturated heterocycles. The van der Waals surface area contributed by atoms with E-state index >= 15 is 0 Å². The van der Waals surface area contributed by atoms with E-state index in [1.807, 2.05) is 61.5 Å². The van der Waals surface area contributed by atoms with Crippen LogP contribution in [-0.2, 0) is 16.6 Å². The third-order valence-corrected chi connectivity index (χ3v) is 5.46. The third kappa shape index (κ3) is 5.03. The molecule has 0 spiro atoms. The van der Waals surface area contributed by atoms with Gasteiger partial charge in [-0.3, -0.25) is 4.79 Å². The predicted molar refractivity (Wildman–Crippen MR) is 106 cm³/mol. The SMILES string of the molecule is Cc1ccc(NC(=O)c2ccc(S(=O)(=O)NCc3ccccc3)cc2)cc1. The Kier molecular flexibility index (Phi) is 5.69. The summed E-state index contributed by atoms with van der Waals surface area (Å²) in [5.41, 5.74) is 3.05. The summed E-state index contributed by atoms with van der Waals surface area (Å²) in [5.74, 6) is -0.292. The summed E-state index contributed by atoms with van der Waals surface area (Å²) in [7, 11) is -3.65. The highest BCUT2D eigenvalue weighted by Crippen LogP contribution is 2.14. The average molecular weight is 380 g/mol. The van der Waals surface area contributed by atoms with Gasteiger partial charge in [0.2, 0.25) is 10.0 Å². The molecule has 1 amide bonds. The molecule has 0 fully saturated rings. The van der Waals surface area contributed by atoms with Gasteiger partial charge in [-0.05, 0) is 48.9 Å². The number of carbonyl (C=O) groups is 1. The van der Waals surface area contributed by atoms with Crippen molar-refractivity contribution >= 4 is 21.6 Å². The van der Waals surface area contributed by atoms with Crippen molar-refractivity contribution in [3.8, 4) is 0 Å². The van der Waals surface area contributed by atoms with Crippen LogP contribution in [0.1, 0.15) is 21.5 Å². The second-order valence-corrected chi connectivity index (χ2v) is 7.92. The fraction of sp³-hybridized carbons (Fsp3) is 0.0952. The van der Waals surface area contributed by atoms with Crippen molar-refractivity contribution in [1.29, 1.82) is 0 Å². The molecule has 0 bridgehead atoms. The summed E-state index contributed by atoms with van der Waals surface area (Å²) in [5, 5.41) is 2.79. The summed E-state index contributed by atoms with van der Waals surface area (Å²) in [6.45, 7) is 2.18. The summed E-state index contributed by atoms with van der Waals surface area (Å²) >= 11 is 0. The normalized spacial score (nSPS) is 11.1. The lowest BCUT2D eigenvalue weighted by Crippen LogP contribution is -2.23. The molecule has 0 aliphatic heterocycles. The van der Waals surface area contributed by atoms with Gasteiger partial charge in [-0.15, -0.1) is 0 Å². The van der Waals surface area contributed by atoms with E-state index in [0.717, 1.165) is 11.1 Å². The van der Waals surface area contributed by atoms with Crippen LogP contribution in [0.5, 0.6) is 0 Å². The molecule has 3 aromatic rings. The summed E-state index contributed by atoms with van der Waals surface area (Å²) < 4.78 is 27.4. The first-order chi connectivity index (χ1) is 12.9. The van der Waals surface area contributed by atoms with Gasteiger partial charge in [-0.2, -0.15) is 0 Å². The van der Waals surface area contributed by atoms with Gasteiger partial charge in [0.05, 0.1) is 4.90 Å². The molecule has 0 saturated carbocycles. The van der Waals surface area contributed by atoms with Gasteiger partial charge in [-0.1, -0.05) is 48.0 Å². The number of anilines is 1. The number of aryl methyl sites for hydroxylation is 1. The van der Waals surface area contributed by atoms with Crippen molar-refractivity contribution in [2.75, 3.05) is 5.32 Å². The van der Waals surface area contributed by atoms with Crippen molar-refractivity contribution in [3.63, 3.8) is 0 Å². The maximum atomic E-state index is 12.4. The highest BCUT2D eigenvalue weighted by molar-refractivity contribution is 7.89. The maximum Gasteiger partial charge on any atom is 0.255 e. The van der Waals surface area contributed by atoms with E-state index in [9.17, 15) is 13.2 Å². The van der Waals surface area contributed by atoms with Crippen LogP contribution >= 0.6 is 0 Å². The van der Waals surface area contributed by atoms with Crippen LogP contribution in [0.2, 0.25) is 0 Å². The second-order valence-electron chi connectivity index (χ2n) is 6.15. The first-order valence-electron chi connectivity index (χ1n) is 8.46. The van der Waals surface area contributed by atoms with Gasteiger partial charge in [0.25, 0.3) is 5.91 Å². The quantitative estimate of drug-likeness (QED) is 0.684. The monoisotopic (exact) mass is 380 g/mol. The summed E-state index contributed by atoms with van der Waals surface area (Å²) in [4.78, 5) is 12.4. The zero-order chi connectivity index (χ0) is 19.3. The van der Waals surface area contributed by atoms with Crippen LogP contribution in [0.15, 0.2) is 83.8 Å². The predicted octanol–water partition coefficient (Wildman–Crippen LogP) is 3.73. The molecule has 0 aliphatic carbocycles. The molecule has 0 unspecified atom stereocenters. The van der Waals surface area contributed by atoms with E-state index in [1.165, 1.54) is 24.3 Å². The molecule has 0 radical (unpaired) electrons. The van der Waals surface area contributed by atoms with Gasteiger partial charge in [-0.25, -0.2) is 13.1 Å². The van der Waals surface area contributed by atoms with E-state index in [4.69, 9.17) is 0 Å². The molecule has 2 N–H and O–H groups in total. The Bertz CT molecular complexity index is 1010. The van der Waals surface area contributed by atoms with Crippen molar-refractivity contribution in [3.05, 3.63) is 95.6 Å². The van der Waals surface area contributed by atoms with Gasteiger partial charge < -0.3 is 5.32 Å². The number of nitrogens with one attached hydrogen (secondary N) is 2. The number of benzene rings is 3. The average Bonchev–Trinajstić information content (AvgIpc) is 2.69. The highest BCUT2D eigenvalue weighted by atomic mass is 32.2. The smallest absolute Gasteiger partial charge is 0.255 e. The van der Waals surface area contributed by atoms with Gasteiger partial charge >= 0.3 is 0 Å². The molecule has 3 rings (SSSR count). The molecule has 27 heavy (non-hydrogen) atoms. The number of amides is 1. The summed E-state index contributed by atoms with van der Waals surface area (Å²) in [6, 6.07) is 22.6. The molecule has 5 nitrogen and oxygen atoms in total. The van der Waals surface area contributed by atoms with E-state index in [2.05, 4.69) is 10.0 Å². The van der Waals surface area contributed by atoms with Gasteiger partial charge in [0, 0.05) is 17.8 Å². The van der Waals surface area contributed by atoms with E-state index in [-0.39, 0.29) is 17.3 Å². The molecular weight excluding hydrogens is 360 g/mol. The van der Waals surface area contributed by atoms with Crippen LogP contribution in [0.3, 0.4) is 0 Å². The minimum absolute atomic E-state index is 0.116. The Morgan fingerprint density at radius 2 is 1.48 bits per heavy atom. The second kappa shape index (κ2) is 8.16. The number of rotatable bonds is 6. The van der Waals surface area contributed by atoms with Crippen molar-refractivity contribution in [1.82, 2.24) is 4.72 Å². The van der Waals surface area contributed by atoms with Crippen LogP contribution in [-0.4, -0.2) is 14.3 Å². The Balaban J connectivity index is 1.66. The molecule has 0 atom stereocenters. The first-order valence-corrected chi connectivity index (χ1v) is 9.94. The van der Waals surface area contributed by atoms with Crippen LogP contribution in [0.4, 0.5) is 5.69 Å². The fourth-order valence-corrected chi connectivity index (χ4v) is 3.50. The van der Waals surface area contributed by atoms with Crippen LogP contribution in [0, 0.1) is 6.92 Å². The van der Waals surface area contributed by atoms with Crippen molar-refractivity contribution < 1.29 is 13.2 Å². The first kappa shape index (κ1) is 18.8. The molecule has 138 valence electrons. The Hall–Kier alpha value is -2.96. The highest BCUT2D eigenvalue weighted by Gasteiger charge is 2.15. The Morgan fingerprint density at radius 3 is 2.11 bits per heavy atom. The van der Waals surface area contributed by atoms with Gasteiger partial charge in [0.1, 0.15) is 0 Å². The fourth-order valence-electron chi connectivity index (χ4n) is 2.48.